The van der Waals surface area contributed by atoms with Gasteiger partial charge in [-0.1, -0.05) is 6.07 Å². The van der Waals surface area contributed by atoms with Crippen LogP contribution in [0.2, 0.25) is 0 Å². The first kappa shape index (κ1) is 20.3. The molecular weight excluding hydrogens is 449 g/mol. The number of furan rings is 1. The molecule has 1 aliphatic heterocycles. The Kier molecular flexibility index (Phi) is 9.35. The normalized spacial score (nSPS) is 17.3. The van der Waals surface area contributed by atoms with E-state index in [1.807, 2.05) is 12.1 Å². The summed E-state index contributed by atoms with van der Waals surface area (Å²) >= 11 is 1.80. The highest BCUT2D eigenvalue weighted by Gasteiger charge is 2.15. The van der Waals surface area contributed by atoms with Gasteiger partial charge in [0.1, 0.15) is 5.76 Å². The van der Waals surface area contributed by atoms with E-state index in [1.54, 1.807) is 17.6 Å². The SMILES string of the molecule is I.c1coc(CCNC(=NCC2CCOC2)NCCc2cccs2)c1. The van der Waals surface area contributed by atoms with E-state index in [0.717, 1.165) is 63.8 Å². The Morgan fingerprint density at radius 1 is 1.20 bits per heavy atom. The van der Waals surface area contributed by atoms with Crippen LogP contribution in [0.5, 0.6) is 0 Å². The number of halogens is 1. The molecule has 2 N–H and O–H groups in total. The van der Waals surface area contributed by atoms with E-state index in [4.69, 9.17) is 14.1 Å². The minimum Gasteiger partial charge on any atom is -0.469 e. The van der Waals surface area contributed by atoms with Gasteiger partial charge in [-0.25, -0.2) is 0 Å². The zero-order valence-corrected chi connectivity index (χ0v) is 17.4. The number of aliphatic imine (C=N–C) groups is 1. The number of nitrogens with one attached hydrogen (secondary N) is 2. The molecule has 0 aromatic carbocycles. The Labute approximate surface area is 170 Å². The lowest BCUT2D eigenvalue weighted by Crippen LogP contribution is -2.39. The summed E-state index contributed by atoms with van der Waals surface area (Å²) in [5, 5.41) is 8.96. The van der Waals surface area contributed by atoms with Gasteiger partial charge in [0, 0.05) is 43.5 Å². The Morgan fingerprint density at radius 3 is 2.76 bits per heavy atom. The quantitative estimate of drug-likeness (QED) is 0.350. The predicted molar refractivity (Wildman–Crippen MR) is 113 cm³/mol. The van der Waals surface area contributed by atoms with E-state index in [1.165, 1.54) is 4.88 Å². The highest BCUT2D eigenvalue weighted by atomic mass is 127. The van der Waals surface area contributed by atoms with E-state index in [-0.39, 0.29) is 24.0 Å². The average molecular weight is 475 g/mol. The summed E-state index contributed by atoms with van der Waals surface area (Å²) in [5.74, 6) is 2.42. The second-order valence-electron chi connectivity index (χ2n) is 5.93. The average Bonchev–Trinajstić information content (AvgIpc) is 3.34. The molecule has 0 amide bonds. The predicted octanol–water partition coefficient (Wildman–Crippen LogP) is 3.32. The maximum Gasteiger partial charge on any atom is 0.191 e. The monoisotopic (exact) mass is 475 g/mol. The molecule has 3 rings (SSSR count). The molecule has 5 nitrogen and oxygen atoms in total. The number of rotatable bonds is 8. The summed E-state index contributed by atoms with van der Waals surface area (Å²) < 4.78 is 10.8. The van der Waals surface area contributed by atoms with Gasteiger partial charge in [0.05, 0.1) is 12.9 Å². The third-order valence-electron chi connectivity index (χ3n) is 4.02. The van der Waals surface area contributed by atoms with Crippen molar-refractivity contribution in [3.63, 3.8) is 0 Å². The van der Waals surface area contributed by atoms with Crippen molar-refractivity contribution in [2.45, 2.75) is 19.3 Å². The fourth-order valence-electron chi connectivity index (χ4n) is 2.64. The smallest absolute Gasteiger partial charge is 0.191 e. The summed E-state index contributed by atoms with van der Waals surface area (Å²) in [4.78, 5) is 6.12. The molecule has 0 radical (unpaired) electrons. The van der Waals surface area contributed by atoms with Gasteiger partial charge in [0.25, 0.3) is 0 Å². The second-order valence-corrected chi connectivity index (χ2v) is 6.96. The standard InChI is InChI=1S/C18H25N3O2S.HI/c1-3-16(23-10-1)5-8-19-18(21-13-15-7-11-22-14-15)20-9-6-17-4-2-12-24-17;/h1-4,10,12,15H,5-9,11,13-14H2,(H2,19,20,21);1H. The molecule has 7 heteroatoms. The largest absolute Gasteiger partial charge is 0.469 e. The maximum atomic E-state index is 5.43. The molecular formula is C18H26IN3O2S. The van der Waals surface area contributed by atoms with Crippen LogP contribution in [0.4, 0.5) is 0 Å². The number of ether oxygens (including phenoxy) is 1. The molecule has 1 saturated heterocycles. The first-order valence-electron chi connectivity index (χ1n) is 8.55. The van der Waals surface area contributed by atoms with Gasteiger partial charge < -0.3 is 19.8 Å². The van der Waals surface area contributed by atoms with E-state index in [0.29, 0.717) is 5.92 Å². The van der Waals surface area contributed by atoms with Crippen LogP contribution in [-0.4, -0.2) is 38.8 Å². The summed E-state index contributed by atoms with van der Waals surface area (Å²) in [7, 11) is 0. The van der Waals surface area contributed by atoms with Gasteiger partial charge in [-0.15, -0.1) is 35.3 Å². The van der Waals surface area contributed by atoms with Crippen LogP contribution in [-0.2, 0) is 17.6 Å². The molecule has 0 spiro atoms. The van der Waals surface area contributed by atoms with Crippen LogP contribution in [0.15, 0.2) is 45.3 Å². The topological polar surface area (TPSA) is 58.8 Å². The minimum atomic E-state index is 0. The molecule has 138 valence electrons. The lowest BCUT2D eigenvalue weighted by molar-refractivity contribution is 0.187. The van der Waals surface area contributed by atoms with Gasteiger partial charge >= 0.3 is 0 Å². The van der Waals surface area contributed by atoms with E-state index < -0.39 is 0 Å². The van der Waals surface area contributed by atoms with Crippen molar-refractivity contribution in [3.8, 4) is 0 Å². The van der Waals surface area contributed by atoms with Crippen molar-refractivity contribution in [2.75, 3.05) is 32.8 Å². The molecule has 1 fully saturated rings. The molecule has 0 aliphatic carbocycles. The van der Waals surface area contributed by atoms with Crippen LogP contribution in [0.3, 0.4) is 0 Å². The lowest BCUT2D eigenvalue weighted by atomic mass is 10.1. The highest BCUT2D eigenvalue weighted by Crippen LogP contribution is 2.12. The lowest BCUT2D eigenvalue weighted by Gasteiger charge is -2.13. The molecule has 1 aliphatic rings. The Balaban J connectivity index is 0.00000225. The first-order chi connectivity index (χ1) is 11.9. The molecule has 25 heavy (non-hydrogen) atoms. The number of thiophene rings is 1. The Morgan fingerprint density at radius 2 is 2.08 bits per heavy atom. The van der Waals surface area contributed by atoms with Crippen LogP contribution >= 0.6 is 35.3 Å². The van der Waals surface area contributed by atoms with Crippen LogP contribution in [0, 0.1) is 5.92 Å². The van der Waals surface area contributed by atoms with E-state index in [2.05, 4.69) is 28.1 Å². The summed E-state index contributed by atoms with van der Waals surface area (Å²) in [5.41, 5.74) is 0. The van der Waals surface area contributed by atoms with E-state index in [9.17, 15) is 0 Å². The Hall–Kier alpha value is -1.06. The van der Waals surface area contributed by atoms with Gasteiger partial charge in [-0.3, -0.25) is 4.99 Å². The third kappa shape index (κ3) is 7.37. The summed E-state index contributed by atoms with van der Waals surface area (Å²) in [6.07, 6.45) is 4.69. The highest BCUT2D eigenvalue weighted by molar-refractivity contribution is 14.0. The van der Waals surface area contributed by atoms with Gasteiger partial charge in [-0.2, -0.15) is 0 Å². The van der Waals surface area contributed by atoms with E-state index >= 15 is 0 Å². The second kappa shape index (κ2) is 11.5. The zero-order valence-electron chi connectivity index (χ0n) is 14.3. The van der Waals surface area contributed by atoms with Crippen LogP contribution < -0.4 is 10.6 Å². The molecule has 0 saturated carbocycles. The third-order valence-corrected chi connectivity index (χ3v) is 4.96. The van der Waals surface area contributed by atoms with Crippen molar-refractivity contribution in [3.05, 3.63) is 46.5 Å². The maximum absolute atomic E-state index is 5.43. The van der Waals surface area contributed by atoms with Crippen molar-refractivity contribution in [1.82, 2.24) is 10.6 Å². The number of hydrogen-bond donors (Lipinski definition) is 2. The fourth-order valence-corrected chi connectivity index (χ4v) is 3.35. The minimum absolute atomic E-state index is 0. The van der Waals surface area contributed by atoms with Crippen LogP contribution in [0.25, 0.3) is 0 Å². The van der Waals surface area contributed by atoms with Gasteiger partial charge in [-0.05, 0) is 36.4 Å². The first-order valence-corrected chi connectivity index (χ1v) is 9.43. The van der Waals surface area contributed by atoms with Crippen LogP contribution in [0.1, 0.15) is 17.1 Å². The fraction of sp³-hybridized carbons (Fsp3) is 0.500. The molecule has 0 bridgehead atoms. The zero-order chi connectivity index (χ0) is 16.5. The molecule has 2 aromatic heterocycles. The van der Waals surface area contributed by atoms with Gasteiger partial charge in [0.2, 0.25) is 0 Å². The van der Waals surface area contributed by atoms with Crippen molar-refractivity contribution in [2.24, 2.45) is 10.9 Å². The van der Waals surface area contributed by atoms with Crippen molar-refractivity contribution < 1.29 is 9.15 Å². The summed E-state index contributed by atoms with van der Waals surface area (Å²) in [6, 6.07) is 8.18. The number of guanidine groups is 1. The molecule has 2 aromatic rings. The van der Waals surface area contributed by atoms with Gasteiger partial charge in [0.15, 0.2) is 5.96 Å². The molecule has 1 unspecified atom stereocenters. The number of hydrogen-bond acceptors (Lipinski definition) is 4. The van der Waals surface area contributed by atoms with Crippen molar-refractivity contribution >= 4 is 41.3 Å². The molecule has 3 heterocycles. The molecule has 1 atom stereocenters. The number of nitrogens with zero attached hydrogens (tertiary/aromatic N) is 1. The van der Waals surface area contributed by atoms with Crippen molar-refractivity contribution in [1.29, 1.82) is 0 Å². The Bertz CT molecular complexity index is 554. The summed E-state index contributed by atoms with van der Waals surface area (Å²) in [6.45, 7) is 4.20.